The Balaban J connectivity index is 1.70. The molecule has 0 bridgehead atoms. The van der Waals surface area contributed by atoms with Crippen molar-refractivity contribution in [1.82, 2.24) is 10.3 Å². The van der Waals surface area contributed by atoms with Crippen LogP contribution in [0.1, 0.15) is 33.5 Å². The molecule has 0 unspecified atom stereocenters. The Bertz CT molecular complexity index is 694. The highest BCUT2D eigenvalue weighted by atomic mass is 16.1. The van der Waals surface area contributed by atoms with Gasteiger partial charge in [0.1, 0.15) is 5.82 Å². The molecule has 0 saturated heterocycles. The van der Waals surface area contributed by atoms with Crippen molar-refractivity contribution in [3.05, 3.63) is 58.8 Å². The SMILES string of the molecule is CN(C)c1ncccc1CNC(=O)c1ccc2c(c1)CCC2. The molecule has 0 radical (unpaired) electrons. The van der Waals surface area contributed by atoms with Crippen molar-refractivity contribution in [2.45, 2.75) is 25.8 Å². The van der Waals surface area contributed by atoms with Gasteiger partial charge in [-0.1, -0.05) is 12.1 Å². The van der Waals surface area contributed by atoms with Crippen LogP contribution < -0.4 is 10.2 Å². The molecule has 1 N–H and O–H groups in total. The number of aromatic nitrogens is 1. The van der Waals surface area contributed by atoms with Crippen molar-refractivity contribution < 1.29 is 4.79 Å². The van der Waals surface area contributed by atoms with Gasteiger partial charge >= 0.3 is 0 Å². The van der Waals surface area contributed by atoms with E-state index in [2.05, 4.69) is 16.4 Å². The summed E-state index contributed by atoms with van der Waals surface area (Å²) in [6, 6.07) is 9.94. The molecule has 1 aliphatic carbocycles. The number of fused-ring (bicyclic) bond motifs is 1. The average Bonchev–Trinajstić information content (AvgIpc) is 3.00. The average molecular weight is 295 g/mol. The first-order valence-corrected chi connectivity index (χ1v) is 7.66. The number of nitrogens with zero attached hydrogens (tertiary/aromatic N) is 2. The second kappa shape index (κ2) is 6.18. The quantitative estimate of drug-likeness (QED) is 0.943. The summed E-state index contributed by atoms with van der Waals surface area (Å²) in [6.45, 7) is 0.483. The highest BCUT2D eigenvalue weighted by Gasteiger charge is 2.14. The Hall–Kier alpha value is -2.36. The number of hydrogen-bond acceptors (Lipinski definition) is 3. The fourth-order valence-electron chi connectivity index (χ4n) is 2.96. The van der Waals surface area contributed by atoms with Crippen LogP contribution in [0.3, 0.4) is 0 Å². The number of anilines is 1. The predicted molar refractivity (Wildman–Crippen MR) is 88.2 cm³/mol. The molecule has 0 atom stereocenters. The first kappa shape index (κ1) is 14.6. The molecule has 1 aliphatic rings. The van der Waals surface area contributed by atoms with Gasteiger partial charge in [0.15, 0.2) is 0 Å². The summed E-state index contributed by atoms with van der Waals surface area (Å²) in [6.07, 6.45) is 5.19. The van der Waals surface area contributed by atoms with E-state index in [0.29, 0.717) is 6.54 Å². The van der Waals surface area contributed by atoms with E-state index in [-0.39, 0.29) is 5.91 Å². The highest BCUT2D eigenvalue weighted by molar-refractivity contribution is 5.94. The summed E-state index contributed by atoms with van der Waals surface area (Å²) >= 11 is 0. The lowest BCUT2D eigenvalue weighted by Gasteiger charge is -2.16. The van der Waals surface area contributed by atoms with Gasteiger partial charge in [0.05, 0.1) is 0 Å². The lowest BCUT2D eigenvalue weighted by Crippen LogP contribution is -2.24. The van der Waals surface area contributed by atoms with Crippen LogP contribution in [0.15, 0.2) is 36.5 Å². The van der Waals surface area contributed by atoms with Gasteiger partial charge in [-0.15, -0.1) is 0 Å². The van der Waals surface area contributed by atoms with Crippen molar-refractivity contribution in [2.75, 3.05) is 19.0 Å². The van der Waals surface area contributed by atoms with Gasteiger partial charge in [-0.05, 0) is 48.6 Å². The number of nitrogens with one attached hydrogen (secondary N) is 1. The summed E-state index contributed by atoms with van der Waals surface area (Å²) in [4.78, 5) is 18.7. The number of carbonyl (C=O) groups excluding carboxylic acids is 1. The Kier molecular flexibility index (Phi) is 4.09. The molecule has 4 heteroatoms. The van der Waals surface area contributed by atoms with E-state index >= 15 is 0 Å². The molecule has 1 aromatic heterocycles. The Morgan fingerprint density at radius 3 is 2.86 bits per heavy atom. The van der Waals surface area contributed by atoms with Crippen LogP contribution in [0.2, 0.25) is 0 Å². The zero-order valence-electron chi connectivity index (χ0n) is 13.1. The number of pyridine rings is 1. The normalized spacial score (nSPS) is 12.8. The molecule has 1 aromatic carbocycles. The minimum atomic E-state index is -0.0248. The van der Waals surface area contributed by atoms with E-state index < -0.39 is 0 Å². The number of hydrogen-bond donors (Lipinski definition) is 1. The second-order valence-electron chi connectivity index (χ2n) is 5.90. The fourth-order valence-corrected chi connectivity index (χ4v) is 2.96. The van der Waals surface area contributed by atoms with E-state index in [1.807, 2.05) is 43.3 Å². The van der Waals surface area contributed by atoms with Crippen LogP contribution in [-0.2, 0) is 19.4 Å². The Morgan fingerprint density at radius 2 is 2.05 bits per heavy atom. The fraction of sp³-hybridized carbons (Fsp3) is 0.333. The lowest BCUT2D eigenvalue weighted by atomic mass is 10.1. The minimum absolute atomic E-state index is 0.0248. The maximum atomic E-state index is 12.4. The molecular weight excluding hydrogens is 274 g/mol. The van der Waals surface area contributed by atoms with Gasteiger partial charge in [0.2, 0.25) is 0 Å². The van der Waals surface area contributed by atoms with Crippen LogP contribution in [0, 0.1) is 0 Å². The first-order chi connectivity index (χ1) is 10.6. The van der Waals surface area contributed by atoms with Gasteiger partial charge in [-0.3, -0.25) is 4.79 Å². The Morgan fingerprint density at radius 1 is 1.23 bits per heavy atom. The summed E-state index contributed by atoms with van der Waals surface area (Å²) < 4.78 is 0. The number of amides is 1. The molecule has 0 saturated carbocycles. The van der Waals surface area contributed by atoms with Gasteiger partial charge in [-0.25, -0.2) is 4.98 Å². The summed E-state index contributed by atoms with van der Waals surface area (Å²) in [5.41, 5.74) is 4.47. The largest absolute Gasteiger partial charge is 0.362 e. The monoisotopic (exact) mass is 295 g/mol. The van der Waals surface area contributed by atoms with E-state index in [9.17, 15) is 4.79 Å². The van der Waals surface area contributed by atoms with Crippen molar-refractivity contribution in [1.29, 1.82) is 0 Å². The van der Waals surface area contributed by atoms with Crippen molar-refractivity contribution in [3.8, 4) is 0 Å². The Labute approximate surface area is 131 Å². The van der Waals surface area contributed by atoms with Crippen molar-refractivity contribution >= 4 is 11.7 Å². The molecule has 114 valence electrons. The maximum Gasteiger partial charge on any atom is 0.251 e. The van der Waals surface area contributed by atoms with E-state index in [4.69, 9.17) is 0 Å². The third-order valence-electron chi connectivity index (χ3n) is 4.09. The van der Waals surface area contributed by atoms with Gasteiger partial charge < -0.3 is 10.2 Å². The molecule has 1 heterocycles. The minimum Gasteiger partial charge on any atom is -0.362 e. The summed E-state index contributed by atoms with van der Waals surface area (Å²) in [7, 11) is 3.91. The third kappa shape index (κ3) is 2.96. The van der Waals surface area contributed by atoms with Crippen LogP contribution in [0.5, 0.6) is 0 Å². The number of benzene rings is 1. The molecular formula is C18H21N3O. The molecule has 1 amide bonds. The summed E-state index contributed by atoms with van der Waals surface area (Å²) in [5.74, 6) is 0.861. The summed E-state index contributed by atoms with van der Waals surface area (Å²) in [5, 5.41) is 3.00. The zero-order valence-corrected chi connectivity index (χ0v) is 13.1. The van der Waals surface area contributed by atoms with E-state index in [0.717, 1.165) is 29.8 Å². The molecule has 2 aromatic rings. The van der Waals surface area contributed by atoms with Gasteiger partial charge in [0, 0.05) is 38.0 Å². The number of rotatable bonds is 4. The van der Waals surface area contributed by atoms with Gasteiger partial charge in [-0.2, -0.15) is 0 Å². The topological polar surface area (TPSA) is 45.2 Å². The van der Waals surface area contributed by atoms with Crippen LogP contribution in [0.25, 0.3) is 0 Å². The third-order valence-corrected chi connectivity index (χ3v) is 4.09. The lowest BCUT2D eigenvalue weighted by molar-refractivity contribution is 0.0951. The van der Waals surface area contributed by atoms with Crippen molar-refractivity contribution in [2.24, 2.45) is 0 Å². The van der Waals surface area contributed by atoms with Gasteiger partial charge in [0.25, 0.3) is 5.91 Å². The molecule has 0 fully saturated rings. The van der Waals surface area contributed by atoms with Crippen LogP contribution in [0.4, 0.5) is 5.82 Å². The predicted octanol–water partition coefficient (Wildman–Crippen LogP) is 2.57. The number of carbonyl (C=O) groups is 1. The highest BCUT2D eigenvalue weighted by Crippen LogP contribution is 2.23. The van der Waals surface area contributed by atoms with Crippen LogP contribution in [-0.4, -0.2) is 25.0 Å². The van der Waals surface area contributed by atoms with E-state index in [1.54, 1.807) is 6.20 Å². The molecule has 4 nitrogen and oxygen atoms in total. The molecule has 0 spiro atoms. The molecule has 3 rings (SSSR count). The van der Waals surface area contributed by atoms with Crippen LogP contribution >= 0.6 is 0 Å². The second-order valence-corrected chi connectivity index (χ2v) is 5.90. The number of aryl methyl sites for hydroxylation is 2. The smallest absolute Gasteiger partial charge is 0.251 e. The van der Waals surface area contributed by atoms with Crippen molar-refractivity contribution in [3.63, 3.8) is 0 Å². The van der Waals surface area contributed by atoms with E-state index in [1.165, 1.54) is 17.5 Å². The first-order valence-electron chi connectivity index (χ1n) is 7.66. The standard InChI is InChI=1S/C18H21N3O/c1-21(2)17-16(7-4-10-19-17)12-20-18(22)15-9-8-13-5-3-6-14(13)11-15/h4,7-11H,3,5-6,12H2,1-2H3,(H,20,22). The maximum absolute atomic E-state index is 12.4. The molecule has 22 heavy (non-hydrogen) atoms. The zero-order chi connectivity index (χ0) is 15.5. The molecule has 0 aliphatic heterocycles.